The molecule has 3 aromatic heterocycles. The van der Waals surface area contributed by atoms with Crippen molar-refractivity contribution in [3.8, 4) is 6.07 Å². The zero-order chi connectivity index (χ0) is 31.7. The molecule has 0 aliphatic carbocycles. The van der Waals surface area contributed by atoms with Crippen LogP contribution in [0.4, 0.5) is 17.1 Å². The van der Waals surface area contributed by atoms with Crippen molar-refractivity contribution in [2.45, 2.75) is 51.2 Å². The van der Waals surface area contributed by atoms with E-state index >= 15 is 0 Å². The molecule has 1 atom stereocenters. The molecule has 230 valence electrons. The van der Waals surface area contributed by atoms with E-state index in [1.54, 1.807) is 19.3 Å². The van der Waals surface area contributed by atoms with Gasteiger partial charge in [-0.2, -0.15) is 5.26 Å². The number of nitriles is 1. The zero-order valence-corrected chi connectivity index (χ0v) is 26.6. The van der Waals surface area contributed by atoms with Gasteiger partial charge in [-0.3, -0.25) is 14.7 Å². The van der Waals surface area contributed by atoms with E-state index in [0.717, 1.165) is 42.9 Å². The number of fused-ring (bicyclic) bond motifs is 1. The number of hydrogen-bond donors (Lipinski definition) is 2. The summed E-state index contributed by atoms with van der Waals surface area (Å²) in [6.07, 6.45) is 7.27. The number of likely N-dealkylation sites (tertiary alicyclic amines) is 1. The number of nitrogens with zero attached hydrogens (tertiary/aromatic N) is 7. The molecule has 1 fully saturated rings. The molecule has 0 saturated carbocycles. The molecule has 1 aliphatic rings. The van der Waals surface area contributed by atoms with Gasteiger partial charge in [0.2, 0.25) is 5.56 Å². The van der Waals surface area contributed by atoms with Crippen molar-refractivity contribution in [1.82, 2.24) is 29.4 Å². The Bertz CT molecular complexity index is 1930. The van der Waals surface area contributed by atoms with E-state index in [-0.39, 0.29) is 23.2 Å². The molecule has 11 heteroatoms. The predicted molar refractivity (Wildman–Crippen MR) is 178 cm³/mol. The van der Waals surface area contributed by atoms with Gasteiger partial charge in [0.25, 0.3) is 0 Å². The number of aromatic nitrogens is 5. The van der Waals surface area contributed by atoms with Crippen molar-refractivity contribution in [3.05, 3.63) is 105 Å². The first-order valence-electron chi connectivity index (χ1n) is 15.0. The first kappa shape index (κ1) is 30.3. The zero-order valence-electron chi connectivity index (χ0n) is 25.8. The van der Waals surface area contributed by atoms with Gasteiger partial charge in [-0.25, -0.2) is 4.68 Å². The lowest BCUT2D eigenvalue weighted by Gasteiger charge is -2.40. The first-order valence-corrected chi connectivity index (χ1v) is 15.4. The van der Waals surface area contributed by atoms with Gasteiger partial charge in [-0.15, -0.1) is 5.10 Å². The number of pyridine rings is 2. The lowest BCUT2D eigenvalue weighted by Crippen LogP contribution is -2.46. The highest BCUT2D eigenvalue weighted by Gasteiger charge is 2.29. The Morgan fingerprint density at radius 3 is 2.49 bits per heavy atom. The Kier molecular flexibility index (Phi) is 8.32. The summed E-state index contributed by atoms with van der Waals surface area (Å²) in [5.41, 5.74) is 4.68. The summed E-state index contributed by atoms with van der Waals surface area (Å²) >= 11 is 6.81. The third-order valence-electron chi connectivity index (χ3n) is 8.46. The normalized spacial score (nSPS) is 15.1. The molecule has 0 amide bonds. The van der Waals surface area contributed by atoms with E-state index in [2.05, 4.69) is 69.8 Å². The second-order valence-electron chi connectivity index (χ2n) is 12.5. The van der Waals surface area contributed by atoms with Crippen LogP contribution in [0.25, 0.3) is 10.9 Å². The van der Waals surface area contributed by atoms with Crippen LogP contribution in [0.2, 0.25) is 5.02 Å². The van der Waals surface area contributed by atoms with E-state index in [1.807, 2.05) is 41.2 Å². The maximum atomic E-state index is 12.0. The molecule has 2 N–H and O–H groups in total. The van der Waals surface area contributed by atoms with Crippen LogP contribution >= 0.6 is 11.6 Å². The number of anilines is 3. The topological polar surface area (TPSA) is 117 Å². The molecule has 4 heterocycles. The molecule has 5 aromatic rings. The van der Waals surface area contributed by atoms with Crippen molar-refractivity contribution >= 4 is 39.6 Å². The van der Waals surface area contributed by atoms with Crippen molar-refractivity contribution in [2.24, 2.45) is 7.05 Å². The van der Waals surface area contributed by atoms with Crippen LogP contribution in [-0.2, 0) is 7.05 Å². The summed E-state index contributed by atoms with van der Waals surface area (Å²) in [6.45, 7) is 8.83. The Balaban J connectivity index is 1.35. The highest BCUT2D eigenvalue weighted by Crippen LogP contribution is 2.37. The fourth-order valence-corrected chi connectivity index (χ4v) is 6.19. The SMILES string of the molecule is Cn1cc(Nc2c(C#N)cnc3c(Cl)cc(N[C@@H](c4ccccc4)c4cn(C5CCN(C(C)(C)C)CC5)nn4)cc23)ccc1=O. The highest BCUT2D eigenvalue weighted by molar-refractivity contribution is 6.36. The molecule has 45 heavy (non-hydrogen) atoms. The Labute approximate surface area is 267 Å². The van der Waals surface area contributed by atoms with Crippen molar-refractivity contribution in [3.63, 3.8) is 0 Å². The van der Waals surface area contributed by atoms with Gasteiger partial charge >= 0.3 is 0 Å². The van der Waals surface area contributed by atoms with E-state index in [1.165, 1.54) is 16.8 Å². The van der Waals surface area contributed by atoms with E-state index in [0.29, 0.717) is 32.9 Å². The minimum absolute atomic E-state index is 0.130. The minimum atomic E-state index is -0.310. The number of halogens is 1. The molecule has 1 saturated heterocycles. The van der Waals surface area contributed by atoms with Crippen LogP contribution in [0.3, 0.4) is 0 Å². The van der Waals surface area contributed by atoms with Gasteiger partial charge in [0.05, 0.1) is 45.8 Å². The fourth-order valence-electron chi connectivity index (χ4n) is 5.92. The molecule has 10 nitrogen and oxygen atoms in total. The Morgan fingerprint density at radius 2 is 1.80 bits per heavy atom. The molecular weight excluding hydrogens is 586 g/mol. The monoisotopic (exact) mass is 621 g/mol. The number of aryl methyl sites for hydroxylation is 1. The van der Waals surface area contributed by atoms with Crippen LogP contribution in [0.5, 0.6) is 0 Å². The summed E-state index contributed by atoms with van der Waals surface area (Å²) in [5.74, 6) is 0. The number of piperidine rings is 1. The third-order valence-corrected chi connectivity index (χ3v) is 8.74. The number of rotatable bonds is 7. The maximum Gasteiger partial charge on any atom is 0.250 e. The molecule has 1 aliphatic heterocycles. The van der Waals surface area contributed by atoms with Crippen molar-refractivity contribution in [1.29, 1.82) is 5.26 Å². The molecule has 0 unspecified atom stereocenters. The smallest absolute Gasteiger partial charge is 0.250 e. The van der Waals surface area contributed by atoms with Crippen molar-refractivity contribution in [2.75, 3.05) is 23.7 Å². The van der Waals surface area contributed by atoms with Crippen LogP contribution < -0.4 is 16.2 Å². The van der Waals surface area contributed by atoms with Crippen LogP contribution in [0, 0.1) is 11.3 Å². The van der Waals surface area contributed by atoms with Crippen LogP contribution in [0.1, 0.15) is 62.5 Å². The number of hydrogen-bond acceptors (Lipinski definition) is 8. The highest BCUT2D eigenvalue weighted by atomic mass is 35.5. The largest absolute Gasteiger partial charge is 0.373 e. The second-order valence-corrected chi connectivity index (χ2v) is 12.9. The van der Waals surface area contributed by atoms with Gasteiger partial charge < -0.3 is 15.2 Å². The molecule has 6 rings (SSSR count). The van der Waals surface area contributed by atoms with Gasteiger partial charge in [0, 0.05) is 55.2 Å². The van der Waals surface area contributed by atoms with Gasteiger partial charge in [-0.05, 0) is 57.4 Å². The number of nitrogens with one attached hydrogen (secondary N) is 2. The third kappa shape index (κ3) is 6.41. The Hall–Kier alpha value is -4.72. The molecule has 2 aromatic carbocycles. The average molecular weight is 622 g/mol. The maximum absolute atomic E-state index is 12.0. The lowest BCUT2D eigenvalue weighted by atomic mass is 9.98. The molecular formula is C34H36ClN9O. The molecule has 0 radical (unpaired) electrons. The van der Waals surface area contributed by atoms with Crippen molar-refractivity contribution < 1.29 is 0 Å². The van der Waals surface area contributed by atoms with Gasteiger partial charge in [0.1, 0.15) is 11.8 Å². The Morgan fingerprint density at radius 1 is 1.04 bits per heavy atom. The summed E-state index contributed by atoms with van der Waals surface area (Å²) < 4.78 is 3.49. The van der Waals surface area contributed by atoms with Crippen LogP contribution in [0.15, 0.2) is 78.0 Å². The summed E-state index contributed by atoms with van der Waals surface area (Å²) in [4.78, 5) is 19.0. The summed E-state index contributed by atoms with van der Waals surface area (Å²) in [7, 11) is 1.68. The average Bonchev–Trinajstić information content (AvgIpc) is 3.52. The van der Waals surface area contributed by atoms with E-state index < -0.39 is 0 Å². The quantitative estimate of drug-likeness (QED) is 0.214. The number of benzene rings is 2. The van der Waals surface area contributed by atoms with E-state index in [4.69, 9.17) is 11.6 Å². The lowest BCUT2D eigenvalue weighted by molar-refractivity contribution is 0.0866. The summed E-state index contributed by atoms with van der Waals surface area (Å²) in [5, 5.41) is 27.2. The minimum Gasteiger partial charge on any atom is -0.373 e. The fraction of sp³-hybridized carbons (Fsp3) is 0.324. The van der Waals surface area contributed by atoms with Crippen LogP contribution in [-0.4, -0.2) is 48.1 Å². The van der Waals surface area contributed by atoms with Gasteiger partial charge in [0.15, 0.2) is 0 Å². The molecule has 0 bridgehead atoms. The molecule has 0 spiro atoms. The summed E-state index contributed by atoms with van der Waals surface area (Å²) in [6, 6.07) is 19.2. The first-order chi connectivity index (χ1) is 21.6. The van der Waals surface area contributed by atoms with Gasteiger partial charge in [-0.1, -0.05) is 47.1 Å². The predicted octanol–water partition coefficient (Wildman–Crippen LogP) is 6.43. The second kappa shape index (κ2) is 12.3. The van der Waals surface area contributed by atoms with E-state index in [9.17, 15) is 10.1 Å². The standard InChI is InChI=1S/C34H36ClN9O/c1-34(2,3)43-14-12-26(13-15-43)44-21-29(40-41-44)32(22-8-6-5-7-9-22)39-25-16-27-31(38-24-10-11-30(45)42(4)20-24)23(18-36)19-37-33(27)28(35)17-25/h5-11,16-17,19-21,26,32,39H,12-15H2,1-4H3,(H,37,38)/t32-/m0/s1.